The third-order valence-corrected chi connectivity index (χ3v) is 4.51. The van der Waals surface area contributed by atoms with Gasteiger partial charge in [0.1, 0.15) is 0 Å². The summed E-state index contributed by atoms with van der Waals surface area (Å²) in [5.41, 5.74) is -0.0714. The van der Waals surface area contributed by atoms with E-state index in [1.807, 2.05) is 4.90 Å². The summed E-state index contributed by atoms with van der Waals surface area (Å²) in [6.45, 7) is 1.93. The van der Waals surface area contributed by atoms with Crippen molar-refractivity contribution in [3.63, 3.8) is 0 Å². The van der Waals surface area contributed by atoms with Crippen LogP contribution in [0.5, 0.6) is 0 Å². The Bertz CT molecular complexity index is 1020. The number of aliphatic hydroxyl groups excluding tert-OH is 4. The number of fused-ring (bicyclic) bond motifs is 1. The topological polar surface area (TPSA) is 221 Å². The van der Waals surface area contributed by atoms with Crippen LogP contribution >= 0.6 is 0 Å². The average Bonchev–Trinajstić information content (AvgIpc) is 3.18. The van der Waals surface area contributed by atoms with Crippen LogP contribution in [0.4, 0.5) is 0 Å². The molecule has 0 radical (unpaired) electrons. The fourth-order valence-corrected chi connectivity index (χ4v) is 2.70. The van der Waals surface area contributed by atoms with Crippen LogP contribution < -0.4 is 11.2 Å². The summed E-state index contributed by atoms with van der Waals surface area (Å²) in [6.07, 6.45) is -3.00. The number of carboxylic acids is 2. The Labute approximate surface area is 180 Å². The lowest BCUT2D eigenvalue weighted by Crippen LogP contribution is -2.39. The SMILES string of the molecule is Cn1c(=O)c2c(ncn2CCN(CCO)CCO)n(C)c1=O.O=C(O)[C@@H](O)[C@@H](O)C(=O)O. The van der Waals surface area contributed by atoms with Gasteiger partial charge in [0.15, 0.2) is 23.4 Å². The highest BCUT2D eigenvalue weighted by Gasteiger charge is 2.29. The lowest BCUT2D eigenvalue weighted by atomic mass is 10.2. The molecule has 15 nitrogen and oxygen atoms in total. The molecule has 2 heterocycles. The van der Waals surface area contributed by atoms with Crippen molar-refractivity contribution < 1.29 is 40.2 Å². The van der Waals surface area contributed by atoms with Crippen LogP contribution in [0.1, 0.15) is 0 Å². The van der Waals surface area contributed by atoms with Crippen LogP contribution in [0.15, 0.2) is 15.9 Å². The number of rotatable bonds is 10. The molecule has 2 rings (SSSR count). The number of aliphatic hydroxyl groups is 4. The van der Waals surface area contributed by atoms with Gasteiger partial charge in [-0.2, -0.15) is 0 Å². The van der Waals surface area contributed by atoms with Crippen molar-refractivity contribution in [3.05, 3.63) is 27.2 Å². The van der Waals surface area contributed by atoms with Gasteiger partial charge in [-0.25, -0.2) is 19.4 Å². The van der Waals surface area contributed by atoms with Gasteiger partial charge in [0.05, 0.1) is 19.5 Å². The second kappa shape index (κ2) is 12.1. The van der Waals surface area contributed by atoms with Crippen LogP contribution in [0.25, 0.3) is 11.2 Å². The summed E-state index contributed by atoms with van der Waals surface area (Å²) in [4.78, 5) is 49.7. The number of carbonyl (C=O) groups is 2. The maximum Gasteiger partial charge on any atom is 0.335 e. The molecule has 2 aromatic rings. The van der Waals surface area contributed by atoms with E-state index < -0.39 is 29.8 Å². The maximum absolute atomic E-state index is 12.3. The summed E-state index contributed by atoms with van der Waals surface area (Å²) >= 11 is 0. The number of carboxylic acid groups (broad SMARTS) is 2. The minimum Gasteiger partial charge on any atom is -0.479 e. The third-order valence-electron chi connectivity index (χ3n) is 4.51. The Hall–Kier alpha value is -3.11. The Morgan fingerprint density at radius 2 is 1.47 bits per heavy atom. The molecule has 0 unspecified atom stereocenters. The zero-order valence-corrected chi connectivity index (χ0v) is 17.5. The van der Waals surface area contributed by atoms with Crippen molar-refractivity contribution in [1.29, 1.82) is 0 Å². The first-order valence-corrected chi connectivity index (χ1v) is 9.34. The van der Waals surface area contributed by atoms with Crippen molar-refractivity contribution in [2.24, 2.45) is 14.1 Å². The highest BCUT2D eigenvalue weighted by molar-refractivity contribution is 5.83. The number of aromatic nitrogens is 4. The average molecular weight is 461 g/mol. The van der Waals surface area contributed by atoms with E-state index in [9.17, 15) is 19.2 Å². The van der Waals surface area contributed by atoms with Crippen LogP contribution in [0.3, 0.4) is 0 Å². The molecule has 2 aromatic heterocycles. The molecule has 6 N–H and O–H groups in total. The first kappa shape index (κ1) is 26.9. The highest BCUT2D eigenvalue weighted by Crippen LogP contribution is 2.05. The van der Waals surface area contributed by atoms with E-state index >= 15 is 0 Å². The Balaban J connectivity index is 0.000000433. The largest absolute Gasteiger partial charge is 0.479 e. The lowest BCUT2D eigenvalue weighted by molar-refractivity contribution is -0.165. The molecule has 15 heteroatoms. The highest BCUT2D eigenvalue weighted by atomic mass is 16.4. The molecule has 0 fully saturated rings. The van der Waals surface area contributed by atoms with E-state index in [1.54, 1.807) is 11.6 Å². The van der Waals surface area contributed by atoms with Crippen LogP contribution in [0.2, 0.25) is 0 Å². The van der Waals surface area contributed by atoms with E-state index in [0.717, 1.165) is 4.57 Å². The van der Waals surface area contributed by atoms with Crippen LogP contribution in [0, 0.1) is 0 Å². The first-order chi connectivity index (χ1) is 15.0. The first-order valence-electron chi connectivity index (χ1n) is 9.34. The Morgan fingerprint density at radius 3 is 1.91 bits per heavy atom. The molecule has 0 saturated heterocycles. The third kappa shape index (κ3) is 6.44. The number of hydrogen-bond donors (Lipinski definition) is 6. The molecule has 32 heavy (non-hydrogen) atoms. The van der Waals surface area contributed by atoms with E-state index in [-0.39, 0.29) is 18.8 Å². The molecular weight excluding hydrogens is 434 g/mol. The number of nitrogens with zero attached hydrogens (tertiary/aromatic N) is 5. The molecule has 180 valence electrons. The van der Waals surface area contributed by atoms with Crippen molar-refractivity contribution >= 4 is 23.1 Å². The molecule has 0 aromatic carbocycles. The summed E-state index contributed by atoms with van der Waals surface area (Å²) < 4.78 is 4.09. The van der Waals surface area contributed by atoms with Crippen molar-refractivity contribution in [3.8, 4) is 0 Å². The van der Waals surface area contributed by atoms with Gasteiger partial charge in [0.2, 0.25) is 0 Å². The minimum atomic E-state index is -2.27. The van der Waals surface area contributed by atoms with Gasteiger partial charge < -0.3 is 35.2 Å². The number of aryl methyl sites for hydroxylation is 1. The van der Waals surface area contributed by atoms with Gasteiger partial charge in [0.25, 0.3) is 5.56 Å². The summed E-state index contributed by atoms with van der Waals surface area (Å²) in [5.74, 6) is -3.54. The van der Waals surface area contributed by atoms with Gasteiger partial charge in [-0.3, -0.25) is 18.8 Å². The minimum absolute atomic E-state index is 0.000936. The van der Waals surface area contributed by atoms with Crippen LogP contribution in [-0.4, -0.2) is 111 Å². The molecular formula is C17H27N5O10. The van der Waals surface area contributed by atoms with E-state index in [2.05, 4.69) is 4.98 Å². The molecule has 0 bridgehead atoms. The Morgan fingerprint density at radius 1 is 0.969 bits per heavy atom. The normalized spacial score (nSPS) is 13.0. The van der Waals surface area contributed by atoms with Crippen molar-refractivity contribution in [2.45, 2.75) is 18.8 Å². The number of aliphatic carboxylic acids is 2. The fourth-order valence-electron chi connectivity index (χ4n) is 2.70. The van der Waals surface area contributed by atoms with Gasteiger partial charge >= 0.3 is 17.6 Å². The van der Waals surface area contributed by atoms with E-state index in [1.165, 1.54) is 17.9 Å². The molecule has 0 aliphatic carbocycles. The molecule has 0 amide bonds. The maximum atomic E-state index is 12.3. The number of hydrogen-bond acceptors (Lipinski definition) is 10. The number of imidazole rings is 1. The lowest BCUT2D eigenvalue weighted by Gasteiger charge is -2.20. The quantitative estimate of drug-likeness (QED) is 0.197. The smallest absolute Gasteiger partial charge is 0.335 e. The van der Waals surface area contributed by atoms with Gasteiger partial charge in [0, 0.05) is 40.3 Å². The second-order valence-corrected chi connectivity index (χ2v) is 6.67. The molecule has 0 aliphatic rings. The van der Waals surface area contributed by atoms with Crippen LogP contribution in [-0.2, 0) is 30.2 Å². The van der Waals surface area contributed by atoms with E-state index in [0.29, 0.717) is 37.3 Å². The fraction of sp³-hybridized carbons (Fsp3) is 0.588. The monoisotopic (exact) mass is 461 g/mol. The summed E-state index contributed by atoms with van der Waals surface area (Å²) in [7, 11) is 3.01. The standard InChI is InChI=1S/C13H21N5O4.C4H6O6/c1-15-11-10(12(21)16(2)13(15)22)18(9-14-11)4-3-17(5-7-19)6-8-20;5-1(3(7)8)2(6)4(9)10/h9,19-20H,3-8H2,1-2H3;1-2,5-6H,(H,7,8)(H,9,10)/t;1-,2+. The van der Waals surface area contributed by atoms with Crippen molar-refractivity contribution in [1.82, 2.24) is 23.6 Å². The molecule has 0 saturated carbocycles. The van der Waals surface area contributed by atoms with Gasteiger partial charge in [-0.15, -0.1) is 0 Å². The zero-order chi connectivity index (χ0) is 24.6. The predicted molar refractivity (Wildman–Crippen MR) is 108 cm³/mol. The van der Waals surface area contributed by atoms with Gasteiger partial charge in [-0.05, 0) is 0 Å². The second-order valence-electron chi connectivity index (χ2n) is 6.67. The summed E-state index contributed by atoms with van der Waals surface area (Å²) in [6, 6.07) is 0. The predicted octanol–water partition coefficient (Wildman–Crippen LogP) is -4.40. The van der Waals surface area contributed by atoms with E-state index in [4.69, 9.17) is 30.6 Å². The molecule has 2 atom stereocenters. The Kier molecular flexibility index (Phi) is 10.1. The zero-order valence-electron chi connectivity index (χ0n) is 17.5. The van der Waals surface area contributed by atoms with Crippen molar-refractivity contribution in [2.75, 3.05) is 32.8 Å². The van der Waals surface area contributed by atoms with Gasteiger partial charge in [-0.1, -0.05) is 0 Å². The molecule has 0 spiro atoms. The molecule has 0 aliphatic heterocycles. The summed E-state index contributed by atoms with van der Waals surface area (Å²) in [5, 5.41) is 50.5.